The first-order valence-corrected chi connectivity index (χ1v) is 11.7. The molecule has 34 heavy (non-hydrogen) atoms. The Bertz CT molecular complexity index is 1370. The summed E-state index contributed by atoms with van der Waals surface area (Å²) in [5.74, 6) is -0.778. The van der Waals surface area contributed by atoms with E-state index in [1.165, 1.54) is 11.3 Å². The van der Waals surface area contributed by atoms with Crippen LogP contribution < -0.4 is 4.74 Å². The lowest BCUT2D eigenvalue weighted by Crippen LogP contribution is -2.41. The van der Waals surface area contributed by atoms with Gasteiger partial charge in [-0.1, -0.05) is 29.8 Å². The molecule has 9 nitrogen and oxygen atoms in total. The normalized spacial score (nSPS) is 15.2. The Kier molecular flexibility index (Phi) is 6.08. The van der Waals surface area contributed by atoms with Gasteiger partial charge >= 0.3 is 12.1 Å². The highest BCUT2D eigenvalue weighted by atomic mass is 35.5. The third-order valence-corrected chi connectivity index (χ3v) is 6.69. The lowest BCUT2D eigenvalue weighted by molar-refractivity contribution is -0.139. The first-order valence-electron chi connectivity index (χ1n) is 10.4. The molecule has 174 valence electrons. The van der Waals surface area contributed by atoms with Crippen LogP contribution in [0.4, 0.5) is 4.79 Å². The molecule has 1 aliphatic rings. The van der Waals surface area contributed by atoms with Gasteiger partial charge in [0.15, 0.2) is 13.3 Å². The quantitative estimate of drug-likeness (QED) is 0.421. The second-order valence-corrected chi connectivity index (χ2v) is 8.94. The van der Waals surface area contributed by atoms with Gasteiger partial charge < -0.3 is 14.6 Å². The van der Waals surface area contributed by atoms with Gasteiger partial charge in [-0.05, 0) is 24.3 Å². The Labute approximate surface area is 203 Å². The average molecular weight is 499 g/mol. The van der Waals surface area contributed by atoms with Gasteiger partial charge in [0.2, 0.25) is 0 Å². The smallest absolute Gasteiger partial charge is 0.412 e. The molecular formula is C23H19ClN4O5S. The average Bonchev–Trinajstić information content (AvgIpc) is 3.48. The van der Waals surface area contributed by atoms with E-state index in [0.717, 1.165) is 21.5 Å². The van der Waals surface area contributed by atoms with Crippen LogP contribution in [0.5, 0.6) is 5.75 Å². The van der Waals surface area contributed by atoms with Gasteiger partial charge in [-0.3, -0.25) is 4.90 Å². The number of carboxylic acid groups (broad SMARTS) is 1. The number of thiazole rings is 1. The molecule has 2 aromatic carbocycles. The van der Waals surface area contributed by atoms with Crippen molar-refractivity contribution in [1.82, 2.24) is 19.7 Å². The van der Waals surface area contributed by atoms with E-state index >= 15 is 0 Å². The fourth-order valence-corrected chi connectivity index (χ4v) is 5.17. The fourth-order valence-electron chi connectivity index (χ4n) is 4.02. The maximum absolute atomic E-state index is 13.3. The number of ether oxygens (including phenoxy) is 2. The summed E-state index contributed by atoms with van der Waals surface area (Å²) in [5.41, 5.74) is 4.03. The van der Waals surface area contributed by atoms with Crippen molar-refractivity contribution in [3.8, 4) is 5.75 Å². The molecule has 3 heterocycles. The van der Waals surface area contributed by atoms with Crippen LogP contribution in [0, 0.1) is 0 Å². The number of carbonyl (C=O) groups excluding carboxylic acids is 1. The van der Waals surface area contributed by atoms with E-state index in [0.29, 0.717) is 29.3 Å². The molecule has 0 saturated heterocycles. The van der Waals surface area contributed by atoms with Crippen molar-refractivity contribution in [1.29, 1.82) is 0 Å². The summed E-state index contributed by atoms with van der Waals surface area (Å²) in [5, 5.41) is 14.8. The molecule has 0 saturated carbocycles. The zero-order valence-electron chi connectivity index (χ0n) is 17.8. The standard InChI is InChI=1S/C23H19ClN4O5S/c24-15-5-6-19(32-11-20(29)30)16(9-15)21-22-17(25-12-34-22)7-8-27(21)23(31)33-13-28-18-4-2-1-3-14(18)10-26-28/h1-6,9-10,12,21H,7-8,11,13H2,(H,29,30). The number of benzene rings is 2. The summed E-state index contributed by atoms with van der Waals surface area (Å²) >= 11 is 7.69. The first-order chi connectivity index (χ1) is 16.5. The van der Waals surface area contributed by atoms with Gasteiger partial charge in [-0.15, -0.1) is 11.3 Å². The maximum Gasteiger partial charge on any atom is 0.412 e. The minimum absolute atomic E-state index is 0.0525. The number of para-hydroxylation sites is 1. The maximum atomic E-state index is 13.3. The summed E-state index contributed by atoms with van der Waals surface area (Å²) in [4.78, 5) is 31.3. The molecule has 0 radical (unpaired) electrons. The molecule has 0 bridgehead atoms. The van der Waals surface area contributed by atoms with E-state index in [2.05, 4.69) is 10.1 Å². The third kappa shape index (κ3) is 4.29. The highest BCUT2D eigenvalue weighted by Gasteiger charge is 2.37. The molecule has 1 amide bonds. The minimum atomic E-state index is -1.11. The Balaban J connectivity index is 1.45. The summed E-state index contributed by atoms with van der Waals surface area (Å²) in [7, 11) is 0. The van der Waals surface area contributed by atoms with Gasteiger partial charge in [0.05, 0.1) is 27.8 Å². The fraction of sp³-hybridized carbons (Fsp3) is 0.217. The predicted molar refractivity (Wildman–Crippen MR) is 125 cm³/mol. The molecule has 0 fully saturated rings. The summed E-state index contributed by atoms with van der Waals surface area (Å²) in [6.07, 6.45) is 1.75. The van der Waals surface area contributed by atoms with Crippen LogP contribution in [0.1, 0.15) is 22.2 Å². The number of aromatic nitrogens is 3. The van der Waals surface area contributed by atoms with E-state index in [4.69, 9.17) is 26.2 Å². The SMILES string of the molecule is O=C(O)COc1ccc(Cl)cc1C1c2scnc2CCN1C(=O)OCn1ncc2ccccc21. The van der Waals surface area contributed by atoms with Gasteiger partial charge in [0, 0.05) is 28.9 Å². The molecular weight excluding hydrogens is 480 g/mol. The third-order valence-electron chi connectivity index (χ3n) is 5.54. The molecule has 11 heteroatoms. The van der Waals surface area contributed by atoms with Crippen LogP contribution in [0.3, 0.4) is 0 Å². The van der Waals surface area contributed by atoms with E-state index in [1.54, 1.807) is 39.5 Å². The number of carboxylic acids is 1. The van der Waals surface area contributed by atoms with Gasteiger partial charge in [-0.2, -0.15) is 5.10 Å². The minimum Gasteiger partial charge on any atom is -0.482 e. The molecule has 1 unspecified atom stereocenters. The van der Waals surface area contributed by atoms with Crippen molar-refractivity contribution in [3.63, 3.8) is 0 Å². The van der Waals surface area contributed by atoms with Crippen molar-refractivity contribution in [2.45, 2.75) is 19.2 Å². The number of fused-ring (bicyclic) bond motifs is 2. The van der Waals surface area contributed by atoms with Crippen molar-refractivity contribution in [2.24, 2.45) is 0 Å². The molecule has 0 aliphatic carbocycles. The topological polar surface area (TPSA) is 107 Å². The Morgan fingerprint density at radius 3 is 2.94 bits per heavy atom. The summed E-state index contributed by atoms with van der Waals surface area (Å²) in [6, 6.07) is 12.0. The van der Waals surface area contributed by atoms with Gasteiger partial charge in [0.1, 0.15) is 11.8 Å². The lowest BCUT2D eigenvalue weighted by atomic mass is 9.97. The highest BCUT2D eigenvalue weighted by molar-refractivity contribution is 7.09. The summed E-state index contributed by atoms with van der Waals surface area (Å²) < 4.78 is 12.8. The molecule has 1 N–H and O–H groups in total. The van der Waals surface area contributed by atoms with E-state index in [9.17, 15) is 9.59 Å². The Morgan fingerprint density at radius 1 is 1.24 bits per heavy atom. The lowest BCUT2D eigenvalue weighted by Gasteiger charge is -2.35. The van der Waals surface area contributed by atoms with Gasteiger partial charge in [-0.25, -0.2) is 19.3 Å². The number of hydrogen-bond donors (Lipinski definition) is 1. The number of halogens is 1. The molecule has 4 aromatic rings. The van der Waals surface area contributed by atoms with Crippen molar-refractivity contribution in [3.05, 3.63) is 75.3 Å². The molecule has 2 aromatic heterocycles. The first kappa shape index (κ1) is 22.2. The van der Waals surface area contributed by atoms with Gasteiger partial charge in [0.25, 0.3) is 0 Å². The second kappa shape index (κ2) is 9.32. The monoisotopic (exact) mass is 498 g/mol. The van der Waals surface area contributed by atoms with Crippen LogP contribution in [-0.4, -0.2) is 50.0 Å². The number of rotatable bonds is 6. The van der Waals surface area contributed by atoms with Crippen molar-refractivity contribution in [2.75, 3.05) is 13.2 Å². The highest BCUT2D eigenvalue weighted by Crippen LogP contribution is 2.42. The van der Waals surface area contributed by atoms with Crippen LogP contribution in [0.2, 0.25) is 5.02 Å². The molecule has 1 atom stereocenters. The second-order valence-electron chi connectivity index (χ2n) is 7.62. The molecule has 5 rings (SSSR count). The van der Waals surface area contributed by atoms with Crippen molar-refractivity contribution < 1.29 is 24.2 Å². The molecule has 1 aliphatic heterocycles. The number of hydrogen-bond acceptors (Lipinski definition) is 7. The predicted octanol–water partition coefficient (Wildman–Crippen LogP) is 4.35. The number of amides is 1. The van der Waals surface area contributed by atoms with Crippen molar-refractivity contribution >= 4 is 45.9 Å². The van der Waals surface area contributed by atoms with E-state index < -0.39 is 24.7 Å². The van der Waals surface area contributed by atoms with Crippen LogP contribution in [0.15, 0.2) is 54.2 Å². The zero-order chi connectivity index (χ0) is 23.7. The van der Waals surface area contributed by atoms with Crippen LogP contribution in [-0.2, 0) is 22.7 Å². The summed E-state index contributed by atoms with van der Waals surface area (Å²) in [6.45, 7) is -0.207. The largest absolute Gasteiger partial charge is 0.482 e. The van der Waals surface area contributed by atoms with Crippen LogP contribution >= 0.6 is 22.9 Å². The van der Waals surface area contributed by atoms with E-state index in [1.807, 2.05) is 24.3 Å². The Morgan fingerprint density at radius 2 is 2.09 bits per heavy atom. The number of aliphatic carboxylic acids is 1. The molecule has 0 spiro atoms. The van der Waals surface area contributed by atoms with Crippen LogP contribution in [0.25, 0.3) is 10.9 Å². The number of nitrogens with zero attached hydrogens (tertiary/aromatic N) is 4. The van der Waals surface area contributed by atoms with E-state index in [-0.39, 0.29) is 6.73 Å². The Hall–Kier alpha value is -3.63. The zero-order valence-corrected chi connectivity index (χ0v) is 19.3. The number of carbonyl (C=O) groups is 2.